The molecule has 1 unspecified atom stereocenters. The number of carbonyl (C=O) groups is 3. The van der Waals surface area contributed by atoms with Crippen LogP contribution in [0, 0.1) is 0 Å². The van der Waals surface area contributed by atoms with Gasteiger partial charge in [-0.2, -0.15) is 0 Å². The fraction of sp³-hybridized carbons (Fsp3) is 0.158. The Morgan fingerprint density at radius 3 is 2.70 bits per heavy atom. The highest BCUT2D eigenvalue weighted by Gasteiger charge is 2.54. The number of oxime groups is 1. The Morgan fingerprint density at radius 2 is 2.03 bits per heavy atom. The number of halogens is 1. The Bertz CT molecular complexity index is 1600. The predicted molar refractivity (Wildman–Crippen MR) is 139 cm³/mol. The summed E-state index contributed by atoms with van der Waals surface area (Å²) in [6, 6.07) is 0.264. The maximum Gasteiger partial charge on any atom is 0.353 e. The van der Waals surface area contributed by atoms with Gasteiger partial charge < -0.3 is 21.4 Å². The second kappa shape index (κ2) is 9.90. The van der Waals surface area contributed by atoms with Gasteiger partial charge in [-0.05, 0) is 0 Å². The minimum absolute atomic E-state index is 0.0220. The molecule has 2 aliphatic heterocycles. The van der Waals surface area contributed by atoms with Crippen molar-refractivity contribution in [2.45, 2.75) is 15.6 Å². The van der Waals surface area contributed by atoms with E-state index in [1.54, 1.807) is 0 Å². The van der Waals surface area contributed by atoms with Crippen molar-refractivity contribution in [3.05, 3.63) is 49.3 Å². The zero-order valence-corrected chi connectivity index (χ0v) is 22.0. The van der Waals surface area contributed by atoms with Crippen molar-refractivity contribution in [2.75, 3.05) is 11.5 Å². The number of hydrogen-bond donors (Lipinski definition) is 4. The van der Waals surface area contributed by atoms with Gasteiger partial charge in [-0.3, -0.25) is 19.3 Å². The minimum atomic E-state index is -1.33. The van der Waals surface area contributed by atoms with Gasteiger partial charge in [0.2, 0.25) is 5.43 Å². The Labute approximate surface area is 227 Å². The van der Waals surface area contributed by atoms with Crippen LogP contribution in [0.4, 0.5) is 5.13 Å². The van der Waals surface area contributed by atoms with E-state index in [2.05, 4.69) is 25.4 Å². The van der Waals surface area contributed by atoms with Crippen LogP contribution in [0.2, 0.25) is 4.34 Å². The number of amides is 2. The first-order valence-corrected chi connectivity index (χ1v) is 13.9. The zero-order chi connectivity index (χ0) is 26.4. The summed E-state index contributed by atoms with van der Waals surface area (Å²) in [5, 5.41) is 24.0. The van der Waals surface area contributed by atoms with E-state index in [0.29, 0.717) is 13.9 Å². The number of nitrogens with two attached hydrogens (primary N) is 1. The number of hydrogen-bond acceptors (Lipinski definition) is 14. The second-order valence-corrected chi connectivity index (χ2v) is 12.5. The summed E-state index contributed by atoms with van der Waals surface area (Å²) in [6.07, 6.45) is 2.86. The van der Waals surface area contributed by atoms with Crippen LogP contribution in [0.3, 0.4) is 0 Å². The monoisotopic (exact) mass is 597 g/mol. The maximum absolute atomic E-state index is 13.0. The molecule has 5 heterocycles. The Kier molecular flexibility index (Phi) is 6.80. The third-order valence-electron chi connectivity index (χ3n) is 5.13. The molecule has 190 valence electrons. The van der Waals surface area contributed by atoms with Crippen LogP contribution in [-0.2, 0) is 14.4 Å². The van der Waals surface area contributed by atoms with Gasteiger partial charge in [0.25, 0.3) is 11.8 Å². The molecule has 1 saturated heterocycles. The molecule has 0 radical (unpaired) electrons. The molecule has 0 bridgehead atoms. The third kappa shape index (κ3) is 4.52. The van der Waals surface area contributed by atoms with E-state index in [1.165, 1.54) is 41.6 Å². The van der Waals surface area contributed by atoms with Gasteiger partial charge in [-0.25, -0.2) is 19.7 Å². The molecular weight excluding hydrogens is 586 g/mol. The number of nitrogen functional groups attached to an aromatic ring is 1. The molecule has 0 aliphatic carbocycles. The molecule has 0 aromatic carbocycles. The second-order valence-electron chi connectivity index (χ2n) is 7.30. The molecule has 5 N–H and O–H groups in total. The van der Waals surface area contributed by atoms with Crippen LogP contribution < -0.4 is 16.5 Å². The normalized spacial score (nSPS) is 19.5. The topological polar surface area (TPSA) is 201 Å². The van der Waals surface area contributed by atoms with Crippen LogP contribution in [0.5, 0.6) is 0 Å². The van der Waals surface area contributed by atoms with Crippen molar-refractivity contribution in [3.63, 3.8) is 0 Å². The van der Waals surface area contributed by atoms with E-state index in [0.717, 1.165) is 28.0 Å². The predicted octanol–water partition coefficient (Wildman–Crippen LogP) is 1.41. The van der Waals surface area contributed by atoms with Crippen molar-refractivity contribution in [2.24, 2.45) is 5.16 Å². The van der Waals surface area contributed by atoms with Crippen LogP contribution >= 0.6 is 57.8 Å². The summed E-state index contributed by atoms with van der Waals surface area (Å²) in [7, 11) is 0. The average molecular weight is 598 g/mol. The molecule has 1 fully saturated rings. The van der Waals surface area contributed by atoms with Gasteiger partial charge in [0.1, 0.15) is 37.5 Å². The average Bonchev–Trinajstić information content (AvgIpc) is 3.19. The Morgan fingerprint density at radius 1 is 1.27 bits per heavy atom. The Hall–Kier alpha value is -3.25. The molecule has 37 heavy (non-hydrogen) atoms. The van der Waals surface area contributed by atoms with Crippen molar-refractivity contribution < 1.29 is 24.7 Å². The number of aliphatic carboxylic acids is 1. The van der Waals surface area contributed by atoms with Crippen LogP contribution in [-0.4, -0.2) is 70.8 Å². The van der Waals surface area contributed by atoms with E-state index in [4.69, 9.17) is 17.3 Å². The van der Waals surface area contributed by atoms with E-state index in [1.807, 2.05) is 0 Å². The largest absolute Gasteiger partial charge is 0.477 e. The molecule has 2 aliphatic rings. The van der Waals surface area contributed by atoms with Crippen LogP contribution in [0.25, 0.3) is 10.3 Å². The van der Waals surface area contributed by atoms with Gasteiger partial charge in [0, 0.05) is 29.1 Å². The van der Waals surface area contributed by atoms with Gasteiger partial charge in [-0.15, -0.1) is 23.1 Å². The summed E-state index contributed by atoms with van der Waals surface area (Å²) in [5.74, 6) is -2.74. The summed E-state index contributed by atoms with van der Waals surface area (Å²) in [4.78, 5) is 64.1. The third-order valence-corrected chi connectivity index (χ3v) is 9.89. The van der Waals surface area contributed by atoms with Crippen LogP contribution in [0.15, 0.2) is 43.2 Å². The summed E-state index contributed by atoms with van der Waals surface area (Å²) < 4.78 is 0.514. The zero-order valence-electron chi connectivity index (χ0n) is 17.9. The molecule has 3 aromatic rings. The number of aromatic nitrogens is 3. The fourth-order valence-electron chi connectivity index (χ4n) is 3.58. The van der Waals surface area contributed by atoms with Gasteiger partial charge >= 0.3 is 5.97 Å². The molecule has 18 heteroatoms. The highest BCUT2D eigenvalue weighted by molar-refractivity contribution is 8.07. The molecular formula is C19H12ClN7O6S4. The lowest BCUT2D eigenvalue weighted by Crippen LogP contribution is -2.71. The molecule has 2 amide bonds. The van der Waals surface area contributed by atoms with E-state index < -0.39 is 34.9 Å². The maximum atomic E-state index is 13.0. The number of carboxylic acids is 1. The molecule has 3 aromatic heterocycles. The lowest BCUT2D eigenvalue weighted by Gasteiger charge is -2.49. The van der Waals surface area contributed by atoms with Crippen molar-refractivity contribution >= 4 is 96.8 Å². The number of carbonyl (C=O) groups excluding carboxylic acids is 2. The minimum Gasteiger partial charge on any atom is -0.477 e. The fourth-order valence-corrected chi connectivity index (χ4v) is 8.26. The molecule has 5 rings (SSSR count). The van der Waals surface area contributed by atoms with Crippen LogP contribution in [0.1, 0.15) is 5.69 Å². The molecule has 0 saturated carbocycles. The highest BCUT2D eigenvalue weighted by Crippen LogP contribution is 2.46. The summed E-state index contributed by atoms with van der Waals surface area (Å²) in [6.45, 7) is 0. The first-order chi connectivity index (χ1) is 17.7. The Balaban J connectivity index is 1.38. The lowest BCUT2D eigenvalue weighted by atomic mass is 10.0. The van der Waals surface area contributed by atoms with Crippen molar-refractivity contribution in [1.29, 1.82) is 0 Å². The van der Waals surface area contributed by atoms with Gasteiger partial charge in [0.15, 0.2) is 10.8 Å². The molecule has 13 nitrogen and oxygen atoms in total. The smallest absolute Gasteiger partial charge is 0.353 e. The van der Waals surface area contributed by atoms with Crippen molar-refractivity contribution in [3.8, 4) is 0 Å². The SMILES string of the molecule is Nc1nc(C(=NO)C(=O)NC2C(=O)N3C(C(=O)O)=C(Sc4cc(=O)c5nccnc5s4)CS[C@@H]23)c(Cl)s1. The van der Waals surface area contributed by atoms with Gasteiger partial charge in [-0.1, -0.05) is 39.9 Å². The number of β-lactam (4-membered cyclic amide) rings is 1. The van der Waals surface area contributed by atoms with E-state index in [9.17, 15) is 29.5 Å². The van der Waals surface area contributed by atoms with Crippen molar-refractivity contribution in [1.82, 2.24) is 25.2 Å². The number of thioether (sulfide) groups is 2. The molecule has 0 spiro atoms. The molecule has 2 atom stereocenters. The summed E-state index contributed by atoms with van der Waals surface area (Å²) >= 11 is 10.3. The standard InChI is InChI=1S/C19H12ClN7O6S4/c20-13-9(25-19(21)37-13)10(26-33)14(29)24-11-16(30)27-12(18(31)32)6(4-34-17(11)27)35-7-3-5(28)8-15(36-7)23-2-1-22-8/h1-3,11,17,33H,4H2,(H2,21,25)(H,24,29)(H,31,32)/t11?,17-/m0/s1. The summed E-state index contributed by atoms with van der Waals surface area (Å²) in [5.41, 5.74) is 4.51. The number of nitrogens with zero attached hydrogens (tertiary/aromatic N) is 5. The number of carboxylic acid groups (broad SMARTS) is 1. The number of rotatable bonds is 6. The highest BCUT2D eigenvalue weighted by atomic mass is 35.5. The number of nitrogens with one attached hydrogen (secondary N) is 1. The number of fused-ring (bicyclic) bond motifs is 2. The number of thiazole rings is 1. The lowest BCUT2D eigenvalue weighted by molar-refractivity contribution is -0.150. The van der Waals surface area contributed by atoms with E-state index >= 15 is 0 Å². The quantitative estimate of drug-likeness (QED) is 0.138. The number of anilines is 1. The first-order valence-electron chi connectivity index (χ1n) is 9.98. The van der Waals surface area contributed by atoms with Gasteiger partial charge in [0.05, 0.1) is 4.21 Å². The first kappa shape index (κ1) is 25.4. The van der Waals surface area contributed by atoms with E-state index in [-0.39, 0.29) is 37.6 Å².